The van der Waals surface area contributed by atoms with E-state index in [9.17, 15) is 18.3 Å². The van der Waals surface area contributed by atoms with E-state index in [0.717, 1.165) is 0 Å². The molecule has 1 N–H and O–H groups in total. The van der Waals surface area contributed by atoms with Gasteiger partial charge in [0, 0.05) is 31.7 Å². The quantitative estimate of drug-likeness (QED) is 0.852. The number of aryl methyl sites for hydroxylation is 2. The monoisotopic (exact) mass is 379 g/mol. The van der Waals surface area contributed by atoms with Crippen LogP contribution in [0.5, 0.6) is 5.75 Å². The molecule has 1 aliphatic rings. The summed E-state index contributed by atoms with van der Waals surface area (Å²) in [6.45, 7) is 4.18. The molecule has 1 fully saturated rings. The third kappa shape index (κ3) is 3.45. The van der Waals surface area contributed by atoms with Crippen molar-refractivity contribution in [3.8, 4) is 5.75 Å². The fraction of sp³-hybridized carbons (Fsp3) is 0.412. The number of aromatic nitrogens is 1. The smallest absolute Gasteiger partial charge is 0.248 e. The number of hydrogen-bond acceptors (Lipinski definition) is 6. The van der Waals surface area contributed by atoms with Gasteiger partial charge in [0.25, 0.3) is 0 Å². The van der Waals surface area contributed by atoms with E-state index in [2.05, 4.69) is 5.16 Å². The number of aromatic hydroxyl groups is 1. The van der Waals surface area contributed by atoms with Gasteiger partial charge in [-0.2, -0.15) is 4.31 Å². The van der Waals surface area contributed by atoms with E-state index in [1.54, 1.807) is 36.9 Å². The minimum absolute atomic E-state index is 0.0838. The minimum Gasteiger partial charge on any atom is -0.508 e. The van der Waals surface area contributed by atoms with Gasteiger partial charge in [-0.1, -0.05) is 23.4 Å². The first-order valence-electron chi connectivity index (χ1n) is 8.28. The first-order chi connectivity index (χ1) is 12.3. The average molecular weight is 379 g/mol. The zero-order valence-electron chi connectivity index (χ0n) is 14.7. The average Bonchev–Trinajstić information content (AvgIpc) is 2.96. The number of sulfonamides is 1. The lowest BCUT2D eigenvalue weighted by atomic mass is 10.1. The van der Waals surface area contributed by atoms with Crippen LogP contribution in [0.25, 0.3) is 0 Å². The van der Waals surface area contributed by atoms with Gasteiger partial charge in [0.1, 0.15) is 16.3 Å². The van der Waals surface area contributed by atoms with Gasteiger partial charge in [0.2, 0.25) is 15.9 Å². The molecule has 0 bridgehead atoms. The maximum atomic E-state index is 12.8. The second-order valence-corrected chi connectivity index (χ2v) is 8.12. The van der Waals surface area contributed by atoms with E-state index < -0.39 is 10.0 Å². The number of amides is 1. The summed E-state index contributed by atoms with van der Waals surface area (Å²) < 4.78 is 31.9. The molecule has 1 aliphatic heterocycles. The second-order valence-electron chi connectivity index (χ2n) is 6.24. The van der Waals surface area contributed by atoms with Crippen molar-refractivity contribution in [2.75, 3.05) is 26.2 Å². The fourth-order valence-corrected chi connectivity index (χ4v) is 4.80. The van der Waals surface area contributed by atoms with E-state index in [0.29, 0.717) is 24.3 Å². The highest BCUT2D eigenvalue weighted by Gasteiger charge is 2.34. The van der Waals surface area contributed by atoms with Crippen LogP contribution >= 0.6 is 0 Å². The molecule has 1 aromatic carbocycles. The summed E-state index contributed by atoms with van der Waals surface area (Å²) in [5, 5.41) is 13.5. The maximum absolute atomic E-state index is 12.8. The Morgan fingerprint density at radius 1 is 1.19 bits per heavy atom. The second kappa shape index (κ2) is 7.08. The predicted molar refractivity (Wildman–Crippen MR) is 93.1 cm³/mol. The van der Waals surface area contributed by atoms with E-state index in [1.165, 1.54) is 10.4 Å². The predicted octanol–water partition coefficient (Wildman–Crippen LogP) is 1.07. The maximum Gasteiger partial charge on any atom is 0.248 e. The van der Waals surface area contributed by atoms with Crippen LogP contribution in [0.1, 0.15) is 17.0 Å². The van der Waals surface area contributed by atoms with Crippen LogP contribution < -0.4 is 0 Å². The standard InChI is InChI=1S/C17H21N3O5S/c1-12-17(13(2)25-18-12)26(23,24)20-9-7-19(8-10-20)16(22)11-14-5-3-4-6-15(14)21/h3-6,21H,7-11H2,1-2H3. The summed E-state index contributed by atoms with van der Waals surface area (Å²) in [5.74, 6) is 0.210. The Kier molecular flexibility index (Phi) is 5.01. The zero-order chi connectivity index (χ0) is 18.9. The number of para-hydroxylation sites is 1. The topological polar surface area (TPSA) is 104 Å². The molecule has 9 heteroatoms. The lowest BCUT2D eigenvalue weighted by Gasteiger charge is -2.34. The SMILES string of the molecule is Cc1noc(C)c1S(=O)(=O)N1CCN(C(=O)Cc2ccccc2O)CC1. The van der Waals surface area contributed by atoms with Crippen molar-refractivity contribution in [1.82, 2.24) is 14.4 Å². The number of piperazine rings is 1. The van der Waals surface area contributed by atoms with Crippen LogP contribution in [0, 0.1) is 13.8 Å². The highest BCUT2D eigenvalue weighted by molar-refractivity contribution is 7.89. The zero-order valence-corrected chi connectivity index (χ0v) is 15.5. The summed E-state index contributed by atoms with van der Waals surface area (Å²) >= 11 is 0. The number of phenols is 1. The van der Waals surface area contributed by atoms with Crippen molar-refractivity contribution in [1.29, 1.82) is 0 Å². The van der Waals surface area contributed by atoms with Crippen LogP contribution in [0.4, 0.5) is 0 Å². The largest absolute Gasteiger partial charge is 0.508 e. The number of phenolic OH excluding ortho intramolecular Hbond substituents is 1. The molecule has 2 heterocycles. The Balaban J connectivity index is 1.66. The molecule has 3 rings (SSSR count). The van der Waals surface area contributed by atoms with E-state index in [-0.39, 0.29) is 41.8 Å². The van der Waals surface area contributed by atoms with Gasteiger partial charge in [-0.25, -0.2) is 8.42 Å². The van der Waals surface area contributed by atoms with E-state index in [1.807, 2.05) is 0 Å². The highest BCUT2D eigenvalue weighted by atomic mass is 32.2. The molecular formula is C17H21N3O5S. The molecule has 1 saturated heterocycles. The number of rotatable bonds is 4. The third-order valence-electron chi connectivity index (χ3n) is 4.49. The number of hydrogen-bond donors (Lipinski definition) is 1. The normalized spacial score (nSPS) is 16.0. The van der Waals surface area contributed by atoms with Gasteiger partial charge < -0.3 is 14.5 Å². The van der Waals surface area contributed by atoms with Crippen LogP contribution in [-0.2, 0) is 21.2 Å². The molecule has 1 amide bonds. The van der Waals surface area contributed by atoms with Gasteiger partial charge in [-0.3, -0.25) is 4.79 Å². The lowest BCUT2D eigenvalue weighted by molar-refractivity contribution is -0.131. The molecular weight excluding hydrogens is 358 g/mol. The van der Waals surface area contributed by atoms with Gasteiger partial charge >= 0.3 is 0 Å². The van der Waals surface area contributed by atoms with Gasteiger partial charge in [0.15, 0.2) is 5.76 Å². The van der Waals surface area contributed by atoms with Crippen molar-refractivity contribution < 1.29 is 22.8 Å². The van der Waals surface area contributed by atoms with Crippen molar-refractivity contribution in [2.24, 2.45) is 0 Å². The third-order valence-corrected chi connectivity index (χ3v) is 6.63. The van der Waals surface area contributed by atoms with E-state index >= 15 is 0 Å². The molecule has 0 spiro atoms. The van der Waals surface area contributed by atoms with E-state index in [4.69, 9.17) is 4.52 Å². The summed E-state index contributed by atoms with van der Waals surface area (Å²) in [6.07, 6.45) is 0.0866. The number of benzene rings is 1. The summed E-state index contributed by atoms with van der Waals surface area (Å²) in [4.78, 5) is 14.2. The summed E-state index contributed by atoms with van der Waals surface area (Å²) in [7, 11) is -3.70. The van der Waals surface area contributed by atoms with Crippen molar-refractivity contribution in [3.63, 3.8) is 0 Å². The van der Waals surface area contributed by atoms with Crippen molar-refractivity contribution >= 4 is 15.9 Å². The van der Waals surface area contributed by atoms with Gasteiger partial charge in [-0.15, -0.1) is 0 Å². The number of carbonyl (C=O) groups is 1. The fourth-order valence-electron chi connectivity index (χ4n) is 3.08. The molecule has 2 aromatic rings. The Labute approximate surface area is 152 Å². The Hall–Kier alpha value is -2.39. The Morgan fingerprint density at radius 2 is 1.85 bits per heavy atom. The summed E-state index contributed by atoms with van der Waals surface area (Å²) in [6, 6.07) is 6.69. The molecule has 140 valence electrons. The van der Waals surface area contributed by atoms with Crippen molar-refractivity contribution in [3.05, 3.63) is 41.3 Å². The molecule has 8 nitrogen and oxygen atoms in total. The molecule has 0 radical (unpaired) electrons. The Bertz CT molecular complexity index is 895. The summed E-state index contributed by atoms with van der Waals surface area (Å²) in [5.41, 5.74) is 0.892. The minimum atomic E-state index is -3.70. The molecule has 0 aliphatic carbocycles. The van der Waals surface area contributed by atoms with Gasteiger partial charge in [-0.05, 0) is 19.9 Å². The van der Waals surface area contributed by atoms with Crippen molar-refractivity contribution in [2.45, 2.75) is 25.2 Å². The Morgan fingerprint density at radius 3 is 2.42 bits per heavy atom. The molecule has 0 unspecified atom stereocenters. The molecule has 0 atom stereocenters. The number of nitrogens with zero attached hydrogens (tertiary/aromatic N) is 3. The lowest BCUT2D eigenvalue weighted by Crippen LogP contribution is -2.51. The number of carbonyl (C=O) groups excluding carboxylic acids is 1. The first-order valence-corrected chi connectivity index (χ1v) is 9.72. The van der Waals surface area contributed by atoms with Crippen LogP contribution in [0.2, 0.25) is 0 Å². The molecule has 26 heavy (non-hydrogen) atoms. The molecule has 0 saturated carbocycles. The highest BCUT2D eigenvalue weighted by Crippen LogP contribution is 2.24. The van der Waals surface area contributed by atoms with Crippen LogP contribution in [0.15, 0.2) is 33.7 Å². The molecule has 1 aromatic heterocycles. The first kappa shape index (κ1) is 18.4. The van der Waals surface area contributed by atoms with Crippen LogP contribution in [-0.4, -0.2) is 60.0 Å². The van der Waals surface area contributed by atoms with Crippen LogP contribution in [0.3, 0.4) is 0 Å². The van der Waals surface area contributed by atoms with Gasteiger partial charge in [0.05, 0.1) is 6.42 Å².